The van der Waals surface area contributed by atoms with Gasteiger partial charge in [0.05, 0.1) is 0 Å². The molecule has 1 atom stereocenters. The maximum atomic E-state index is 6.98. The molecule has 1 radical (unpaired) electrons. The monoisotopic (exact) mass is 116 g/mol. The van der Waals surface area contributed by atoms with Crippen LogP contribution in [0.5, 0.6) is 0 Å². The zero-order valence-electron chi connectivity index (χ0n) is 4.31. The SMILES string of the molecule is [NH]CC1CCCS1. The molecule has 0 bridgehead atoms. The second kappa shape index (κ2) is 2.58. The highest BCUT2D eigenvalue weighted by molar-refractivity contribution is 8.00. The number of thioether (sulfide) groups is 1. The fourth-order valence-electron chi connectivity index (χ4n) is 0.805. The molecule has 41 valence electrons. The first-order chi connectivity index (χ1) is 3.43. The summed E-state index contributed by atoms with van der Waals surface area (Å²) in [6.07, 6.45) is 2.63. The fraction of sp³-hybridized carbons (Fsp3) is 1.00. The Morgan fingerprint density at radius 3 is 2.86 bits per heavy atom. The second-order valence-corrected chi connectivity index (χ2v) is 3.25. The van der Waals surface area contributed by atoms with E-state index in [0.717, 1.165) is 0 Å². The lowest BCUT2D eigenvalue weighted by atomic mass is 10.3. The van der Waals surface area contributed by atoms with Crippen molar-refractivity contribution in [1.82, 2.24) is 5.73 Å². The Balaban J connectivity index is 2.14. The molecule has 1 aliphatic heterocycles. The summed E-state index contributed by atoms with van der Waals surface area (Å²) in [5, 5.41) is 0.681. The summed E-state index contributed by atoms with van der Waals surface area (Å²) in [4.78, 5) is 0. The summed E-state index contributed by atoms with van der Waals surface area (Å²) in [5.41, 5.74) is 6.98. The van der Waals surface area contributed by atoms with E-state index < -0.39 is 0 Å². The van der Waals surface area contributed by atoms with Crippen LogP contribution in [-0.4, -0.2) is 17.5 Å². The minimum absolute atomic E-state index is 0.630. The molecule has 1 rings (SSSR count). The highest BCUT2D eigenvalue weighted by Crippen LogP contribution is 2.24. The molecule has 1 nitrogen and oxygen atoms in total. The van der Waals surface area contributed by atoms with Crippen molar-refractivity contribution in [3.63, 3.8) is 0 Å². The molecule has 1 heterocycles. The molecule has 1 aliphatic rings. The van der Waals surface area contributed by atoms with Crippen LogP contribution in [0.4, 0.5) is 0 Å². The van der Waals surface area contributed by atoms with Crippen LogP contribution in [0.25, 0.3) is 0 Å². The lowest BCUT2D eigenvalue weighted by Crippen LogP contribution is -2.03. The Morgan fingerprint density at radius 1 is 1.71 bits per heavy atom. The normalized spacial score (nSPS) is 31.3. The van der Waals surface area contributed by atoms with Crippen molar-refractivity contribution >= 4 is 11.8 Å². The molecule has 1 fully saturated rings. The third kappa shape index (κ3) is 1.35. The minimum atomic E-state index is 0.630. The van der Waals surface area contributed by atoms with Crippen LogP contribution in [0.3, 0.4) is 0 Å². The van der Waals surface area contributed by atoms with Gasteiger partial charge in [-0.2, -0.15) is 11.8 Å². The zero-order chi connectivity index (χ0) is 5.11. The molecule has 2 heteroatoms. The molecule has 0 aromatic carbocycles. The van der Waals surface area contributed by atoms with Gasteiger partial charge in [-0.25, -0.2) is 0 Å². The van der Waals surface area contributed by atoms with Crippen LogP contribution in [0, 0.1) is 0 Å². The number of rotatable bonds is 1. The van der Waals surface area contributed by atoms with Crippen LogP contribution in [0.2, 0.25) is 0 Å². The predicted octanol–water partition coefficient (Wildman–Crippen LogP) is 1.16. The van der Waals surface area contributed by atoms with Crippen molar-refractivity contribution in [2.45, 2.75) is 18.1 Å². The summed E-state index contributed by atoms with van der Waals surface area (Å²) in [5.74, 6) is 1.30. The lowest BCUT2D eigenvalue weighted by Gasteiger charge is -1.98. The van der Waals surface area contributed by atoms with Crippen LogP contribution < -0.4 is 5.73 Å². The Morgan fingerprint density at radius 2 is 2.57 bits per heavy atom. The first-order valence-corrected chi connectivity index (χ1v) is 3.74. The maximum absolute atomic E-state index is 6.98. The van der Waals surface area contributed by atoms with Gasteiger partial charge >= 0.3 is 0 Å². The molecular formula is C5H10NS. The van der Waals surface area contributed by atoms with Gasteiger partial charge in [0.15, 0.2) is 0 Å². The molecule has 1 saturated heterocycles. The second-order valence-electron chi connectivity index (χ2n) is 1.84. The Hall–Kier alpha value is 0.310. The van der Waals surface area contributed by atoms with Gasteiger partial charge in [0, 0.05) is 11.8 Å². The molecule has 0 saturated carbocycles. The van der Waals surface area contributed by atoms with Crippen molar-refractivity contribution in [2.75, 3.05) is 12.3 Å². The lowest BCUT2D eigenvalue weighted by molar-refractivity contribution is 0.776. The molecule has 0 amide bonds. The van der Waals surface area contributed by atoms with Crippen molar-refractivity contribution in [1.29, 1.82) is 0 Å². The number of hydrogen-bond acceptors (Lipinski definition) is 1. The molecule has 1 unspecified atom stereocenters. The van der Waals surface area contributed by atoms with Crippen molar-refractivity contribution in [3.05, 3.63) is 0 Å². The zero-order valence-corrected chi connectivity index (χ0v) is 5.13. The molecule has 0 spiro atoms. The van der Waals surface area contributed by atoms with Gasteiger partial charge in [-0.1, -0.05) is 0 Å². The van der Waals surface area contributed by atoms with E-state index >= 15 is 0 Å². The van der Waals surface area contributed by atoms with Gasteiger partial charge in [0.25, 0.3) is 0 Å². The van der Waals surface area contributed by atoms with Gasteiger partial charge in [-0.15, -0.1) is 0 Å². The van der Waals surface area contributed by atoms with Crippen LogP contribution in [0.15, 0.2) is 0 Å². The van der Waals surface area contributed by atoms with E-state index in [2.05, 4.69) is 0 Å². The largest absolute Gasteiger partial charge is 0.257 e. The van der Waals surface area contributed by atoms with Gasteiger partial charge in [0.1, 0.15) is 0 Å². The Kier molecular flexibility index (Phi) is 2.00. The van der Waals surface area contributed by atoms with E-state index in [0.29, 0.717) is 11.8 Å². The topological polar surface area (TPSA) is 23.8 Å². The van der Waals surface area contributed by atoms with Gasteiger partial charge in [-0.3, -0.25) is 5.73 Å². The maximum Gasteiger partial charge on any atom is 0.0219 e. The smallest absolute Gasteiger partial charge is 0.0219 e. The summed E-state index contributed by atoms with van der Waals surface area (Å²) >= 11 is 1.95. The highest BCUT2D eigenvalue weighted by atomic mass is 32.2. The molecule has 1 N–H and O–H groups in total. The number of hydrogen-bond donors (Lipinski definition) is 0. The summed E-state index contributed by atoms with van der Waals surface area (Å²) in [6.45, 7) is 0.630. The molecular weight excluding hydrogens is 106 g/mol. The van der Waals surface area contributed by atoms with E-state index in [1.165, 1.54) is 18.6 Å². The molecule has 7 heavy (non-hydrogen) atoms. The van der Waals surface area contributed by atoms with E-state index in [4.69, 9.17) is 5.73 Å². The van der Waals surface area contributed by atoms with Crippen molar-refractivity contribution in [2.24, 2.45) is 0 Å². The van der Waals surface area contributed by atoms with Crippen LogP contribution in [-0.2, 0) is 0 Å². The molecule has 0 aliphatic carbocycles. The van der Waals surface area contributed by atoms with E-state index in [1.807, 2.05) is 11.8 Å². The first kappa shape index (κ1) is 5.45. The summed E-state index contributed by atoms with van der Waals surface area (Å²) in [6, 6.07) is 0. The highest BCUT2D eigenvalue weighted by Gasteiger charge is 2.12. The predicted molar refractivity (Wildman–Crippen MR) is 33.4 cm³/mol. The average molecular weight is 116 g/mol. The van der Waals surface area contributed by atoms with Crippen molar-refractivity contribution < 1.29 is 0 Å². The van der Waals surface area contributed by atoms with Crippen molar-refractivity contribution in [3.8, 4) is 0 Å². The quantitative estimate of drug-likeness (QED) is 0.504. The van der Waals surface area contributed by atoms with E-state index in [9.17, 15) is 0 Å². The Bertz CT molecular complexity index is 50.0. The summed E-state index contributed by atoms with van der Waals surface area (Å²) < 4.78 is 0. The fourth-order valence-corrected chi connectivity index (χ4v) is 1.92. The standard InChI is InChI=1S/C5H10NS/c6-4-5-2-1-3-7-5/h5-6H,1-4H2. The van der Waals surface area contributed by atoms with Gasteiger partial charge in [0.2, 0.25) is 0 Å². The third-order valence-corrected chi connectivity index (χ3v) is 2.65. The molecule has 0 aromatic rings. The van der Waals surface area contributed by atoms with E-state index in [1.54, 1.807) is 0 Å². The van der Waals surface area contributed by atoms with Gasteiger partial charge < -0.3 is 0 Å². The third-order valence-electron chi connectivity index (χ3n) is 1.25. The Labute approximate surface area is 48.7 Å². The molecule has 0 aromatic heterocycles. The summed E-state index contributed by atoms with van der Waals surface area (Å²) in [7, 11) is 0. The minimum Gasteiger partial charge on any atom is -0.257 e. The number of nitrogens with one attached hydrogen (secondary N) is 1. The van der Waals surface area contributed by atoms with Crippen LogP contribution in [0.1, 0.15) is 12.8 Å². The van der Waals surface area contributed by atoms with Crippen LogP contribution >= 0.6 is 11.8 Å². The van der Waals surface area contributed by atoms with E-state index in [-0.39, 0.29) is 0 Å². The average Bonchev–Trinajstić information content (AvgIpc) is 2.14. The first-order valence-electron chi connectivity index (χ1n) is 2.69. The van der Waals surface area contributed by atoms with Gasteiger partial charge in [-0.05, 0) is 18.6 Å².